The van der Waals surface area contributed by atoms with E-state index in [9.17, 15) is 0 Å². The van der Waals surface area contributed by atoms with Crippen molar-refractivity contribution in [2.45, 2.75) is 40.2 Å². The lowest BCUT2D eigenvalue weighted by atomic mass is 9.92. The summed E-state index contributed by atoms with van der Waals surface area (Å²) in [4.78, 5) is 0. The molecule has 0 spiro atoms. The Morgan fingerprint density at radius 3 is 2.71 bits per heavy atom. The van der Waals surface area contributed by atoms with E-state index in [1.165, 1.54) is 0 Å². The smallest absolute Gasteiger partial charge is 0.0839 e. The molecule has 1 rings (SSSR count). The Kier molecular flexibility index (Phi) is 3.93. The van der Waals surface area contributed by atoms with Crippen LogP contribution in [0, 0.1) is 5.41 Å². The van der Waals surface area contributed by atoms with Gasteiger partial charge in [0.2, 0.25) is 0 Å². The zero-order valence-electron chi connectivity index (χ0n) is 9.13. The second kappa shape index (κ2) is 4.78. The summed E-state index contributed by atoms with van der Waals surface area (Å²) >= 11 is 5.62. The van der Waals surface area contributed by atoms with Gasteiger partial charge in [0, 0.05) is 25.0 Å². The van der Waals surface area contributed by atoms with Crippen LogP contribution in [0.3, 0.4) is 0 Å². The number of rotatable bonds is 4. The maximum Gasteiger partial charge on any atom is 0.0839 e. The number of hydrogen-bond acceptors (Lipinski definition) is 2. The van der Waals surface area contributed by atoms with Crippen LogP contribution in [0.2, 0.25) is 0 Å². The molecular formula is C10H18ClN3. The van der Waals surface area contributed by atoms with Gasteiger partial charge in [-0.25, -0.2) is 0 Å². The van der Waals surface area contributed by atoms with Crippen LogP contribution < -0.4 is 0 Å². The lowest BCUT2D eigenvalue weighted by Crippen LogP contribution is -2.10. The van der Waals surface area contributed by atoms with Crippen LogP contribution in [0.5, 0.6) is 0 Å². The highest BCUT2D eigenvalue weighted by Crippen LogP contribution is 2.18. The highest BCUT2D eigenvalue weighted by Gasteiger charge is 2.10. The standard InChI is InChI=1S/C10H18ClN3/c1-10(2,3)5-7-14-8-9(4-6-11)12-13-14/h8H,4-7H2,1-3H3. The summed E-state index contributed by atoms with van der Waals surface area (Å²) in [6, 6.07) is 0. The maximum absolute atomic E-state index is 5.62. The van der Waals surface area contributed by atoms with Gasteiger partial charge in [-0.15, -0.1) is 16.7 Å². The van der Waals surface area contributed by atoms with E-state index in [1.54, 1.807) is 0 Å². The number of nitrogens with zero attached hydrogens (tertiary/aromatic N) is 3. The number of aromatic nitrogens is 3. The average Bonchev–Trinajstić information content (AvgIpc) is 2.49. The first-order valence-corrected chi connectivity index (χ1v) is 5.50. The van der Waals surface area contributed by atoms with Crippen LogP contribution >= 0.6 is 11.6 Å². The molecule has 14 heavy (non-hydrogen) atoms. The summed E-state index contributed by atoms with van der Waals surface area (Å²) in [6.07, 6.45) is 3.89. The first-order chi connectivity index (χ1) is 6.51. The summed E-state index contributed by atoms with van der Waals surface area (Å²) in [5, 5.41) is 8.08. The van der Waals surface area contributed by atoms with E-state index in [2.05, 4.69) is 31.1 Å². The minimum Gasteiger partial charge on any atom is -0.252 e. The van der Waals surface area contributed by atoms with Gasteiger partial charge in [0.25, 0.3) is 0 Å². The molecule has 0 amide bonds. The molecule has 1 aromatic rings. The van der Waals surface area contributed by atoms with Gasteiger partial charge in [0.15, 0.2) is 0 Å². The summed E-state index contributed by atoms with van der Waals surface area (Å²) < 4.78 is 1.90. The molecule has 4 heteroatoms. The predicted molar refractivity (Wildman–Crippen MR) is 58.5 cm³/mol. The third kappa shape index (κ3) is 4.09. The van der Waals surface area contributed by atoms with Crippen LogP contribution in [-0.4, -0.2) is 20.9 Å². The molecular weight excluding hydrogens is 198 g/mol. The van der Waals surface area contributed by atoms with Crippen LogP contribution in [-0.2, 0) is 13.0 Å². The molecule has 3 nitrogen and oxygen atoms in total. The third-order valence-corrected chi connectivity index (χ3v) is 2.22. The van der Waals surface area contributed by atoms with E-state index in [0.717, 1.165) is 25.1 Å². The summed E-state index contributed by atoms with van der Waals surface area (Å²) in [6.45, 7) is 7.61. The molecule has 0 bridgehead atoms. The quantitative estimate of drug-likeness (QED) is 0.723. The van der Waals surface area contributed by atoms with Gasteiger partial charge >= 0.3 is 0 Å². The lowest BCUT2D eigenvalue weighted by molar-refractivity contribution is 0.339. The monoisotopic (exact) mass is 215 g/mol. The van der Waals surface area contributed by atoms with Gasteiger partial charge in [-0.2, -0.15) is 0 Å². The summed E-state index contributed by atoms with van der Waals surface area (Å²) in [7, 11) is 0. The van der Waals surface area contributed by atoms with Crippen LogP contribution in [0.4, 0.5) is 0 Å². The number of hydrogen-bond donors (Lipinski definition) is 0. The maximum atomic E-state index is 5.62. The predicted octanol–water partition coefficient (Wildman–Crippen LogP) is 2.50. The van der Waals surface area contributed by atoms with Crippen LogP contribution in [0.15, 0.2) is 6.20 Å². The van der Waals surface area contributed by atoms with Gasteiger partial charge in [0.1, 0.15) is 0 Å². The fraction of sp³-hybridized carbons (Fsp3) is 0.800. The van der Waals surface area contributed by atoms with E-state index in [4.69, 9.17) is 11.6 Å². The zero-order valence-corrected chi connectivity index (χ0v) is 9.88. The molecule has 1 heterocycles. The van der Waals surface area contributed by atoms with Gasteiger partial charge in [0.05, 0.1) is 5.69 Å². The molecule has 1 aromatic heterocycles. The largest absolute Gasteiger partial charge is 0.252 e. The number of aryl methyl sites for hydroxylation is 2. The van der Waals surface area contributed by atoms with E-state index < -0.39 is 0 Å². The summed E-state index contributed by atoms with van der Waals surface area (Å²) in [5.41, 5.74) is 1.33. The second-order valence-corrected chi connectivity index (χ2v) is 5.10. The Morgan fingerprint density at radius 2 is 2.14 bits per heavy atom. The molecule has 0 aliphatic rings. The van der Waals surface area contributed by atoms with Crippen molar-refractivity contribution in [1.82, 2.24) is 15.0 Å². The van der Waals surface area contributed by atoms with Gasteiger partial charge in [-0.1, -0.05) is 26.0 Å². The normalized spacial score (nSPS) is 12.0. The minimum atomic E-state index is 0.346. The molecule has 0 saturated heterocycles. The van der Waals surface area contributed by atoms with Gasteiger partial charge in [-0.05, 0) is 11.8 Å². The molecule has 0 aromatic carbocycles. The van der Waals surface area contributed by atoms with E-state index in [-0.39, 0.29) is 0 Å². The molecule has 0 atom stereocenters. The van der Waals surface area contributed by atoms with E-state index in [0.29, 0.717) is 11.3 Å². The van der Waals surface area contributed by atoms with Crippen molar-refractivity contribution < 1.29 is 0 Å². The Hall–Kier alpha value is -0.570. The Morgan fingerprint density at radius 1 is 1.43 bits per heavy atom. The fourth-order valence-electron chi connectivity index (χ4n) is 1.11. The molecule has 0 aliphatic carbocycles. The third-order valence-electron chi connectivity index (χ3n) is 2.03. The van der Waals surface area contributed by atoms with Crippen molar-refractivity contribution in [2.75, 3.05) is 5.88 Å². The second-order valence-electron chi connectivity index (χ2n) is 4.72. The van der Waals surface area contributed by atoms with Crippen molar-refractivity contribution >= 4 is 11.6 Å². The first kappa shape index (κ1) is 11.5. The Balaban J connectivity index is 2.44. The number of alkyl halides is 1. The molecule has 0 N–H and O–H groups in total. The Bertz CT molecular complexity index is 275. The van der Waals surface area contributed by atoms with Crippen LogP contribution in [0.1, 0.15) is 32.9 Å². The van der Waals surface area contributed by atoms with E-state index >= 15 is 0 Å². The first-order valence-electron chi connectivity index (χ1n) is 4.96. The van der Waals surface area contributed by atoms with Crippen molar-refractivity contribution in [3.05, 3.63) is 11.9 Å². The molecule has 0 unspecified atom stereocenters. The molecule has 0 radical (unpaired) electrons. The van der Waals surface area contributed by atoms with Crippen molar-refractivity contribution in [1.29, 1.82) is 0 Å². The van der Waals surface area contributed by atoms with Gasteiger partial charge < -0.3 is 0 Å². The van der Waals surface area contributed by atoms with Crippen molar-refractivity contribution in [2.24, 2.45) is 5.41 Å². The molecule has 0 fully saturated rings. The number of halogens is 1. The van der Waals surface area contributed by atoms with E-state index in [1.807, 2.05) is 10.9 Å². The highest BCUT2D eigenvalue weighted by atomic mass is 35.5. The topological polar surface area (TPSA) is 30.7 Å². The molecule has 0 saturated carbocycles. The average molecular weight is 216 g/mol. The summed E-state index contributed by atoms with van der Waals surface area (Å²) in [5.74, 6) is 0.609. The molecule has 80 valence electrons. The highest BCUT2D eigenvalue weighted by molar-refractivity contribution is 6.17. The lowest BCUT2D eigenvalue weighted by Gasteiger charge is -2.17. The molecule has 0 aliphatic heterocycles. The SMILES string of the molecule is CC(C)(C)CCn1cc(CCCl)nn1. The van der Waals surface area contributed by atoms with Crippen molar-refractivity contribution in [3.8, 4) is 0 Å². The van der Waals surface area contributed by atoms with Crippen molar-refractivity contribution in [3.63, 3.8) is 0 Å². The van der Waals surface area contributed by atoms with Crippen LogP contribution in [0.25, 0.3) is 0 Å². The minimum absolute atomic E-state index is 0.346. The Labute approximate surface area is 90.4 Å². The van der Waals surface area contributed by atoms with Gasteiger partial charge in [-0.3, -0.25) is 4.68 Å². The zero-order chi connectivity index (χ0) is 10.6. The fourth-order valence-corrected chi connectivity index (χ4v) is 1.30.